The van der Waals surface area contributed by atoms with Crippen molar-refractivity contribution in [3.63, 3.8) is 0 Å². The molecule has 21 heavy (non-hydrogen) atoms. The van der Waals surface area contributed by atoms with Crippen molar-refractivity contribution in [3.05, 3.63) is 57.6 Å². The predicted molar refractivity (Wildman–Crippen MR) is 86.3 cm³/mol. The Labute approximate surface area is 132 Å². The third-order valence-electron chi connectivity index (χ3n) is 3.14. The largest absolute Gasteiger partial charge is 0.478 e. The molecule has 0 aliphatic carbocycles. The zero-order valence-corrected chi connectivity index (χ0v) is 12.7. The van der Waals surface area contributed by atoms with Crippen molar-refractivity contribution in [2.45, 2.75) is 13.0 Å². The number of carbonyl (C=O) groups is 1. The Kier molecular flexibility index (Phi) is 4.60. The number of anilines is 2. The number of benzene rings is 2. The minimum atomic E-state index is -1.06. The second kappa shape index (κ2) is 6.24. The van der Waals surface area contributed by atoms with E-state index in [2.05, 4.69) is 5.32 Å². The first-order valence-electron chi connectivity index (χ1n) is 6.23. The molecule has 0 aliphatic heterocycles. The fourth-order valence-corrected chi connectivity index (χ4v) is 2.61. The molecule has 2 rings (SSSR count). The van der Waals surface area contributed by atoms with Gasteiger partial charge in [0, 0.05) is 10.0 Å². The van der Waals surface area contributed by atoms with Gasteiger partial charge in [-0.1, -0.05) is 35.3 Å². The summed E-state index contributed by atoms with van der Waals surface area (Å²) in [6, 6.07) is 9.90. The van der Waals surface area contributed by atoms with E-state index in [4.69, 9.17) is 34.0 Å². The van der Waals surface area contributed by atoms with Crippen LogP contribution in [0.5, 0.6) is 0 Å². The lowest BCUT2D eigenvalue weighted by Crippen LogP contribution is -2.11. The van der Waals surface area contributed by atoms with Crippen molar-refractivity contribution in [1.82, 2.24) is 0 Å². The monoisotopic (exact) mass is 324 g/mol. The number of halogens is 2. The second-order valence-corrected chi connectivity index (χ2v) is 5.45. The van der Waals surface area contributed by atoms with Crippen molar-refractivity contribution in [1.29, 1.82) is 0 Å². The molecule has 0 amide bonds. The summed E-state index contributed by atoms with van der Waals surface area (Å²) >= 11 is 12.0. The molecule has 0 spiro atoms. The summed E-state index contributed by atoms with van der Waals surface area (Å²) in [6.07, 6.45) is 0. The smallest absolute Gasteiger partial charge is 0.337 e. The molecule has 0 saturated carbocycles. The van der Waals surface area contributed by atoms with Crippen LogP contribution in [-0.4, -0.2) is 11.1 Å². The van der Waals surface area contributed by atoms with E-state index < -0.39 is 5.97 Å². The Hall–Kier alpha value is -1.91. The highest BCUT2D eigenvalue weighted by atomic mass is 35.5. The number of hydrogen-bond acceptors (Lipinski definition) is 3. The fourth-order valence-electron chi connectivity index (χ4n) is 2.04. The van der Waals surface area contributed by atoms with E-state index in [1.54, 1.807) is 24.3 Å². The third-order valence-corrected chi connectivity index (χ3v) is 3.70. The van der Waals surface area contributed by atoms with E-state index in [1.807, 2.05) is 13.0 Å². The number of carboxylic acid groups (broad SMARTS) is 1. The summed E-state index contributed by atoms with van der Waals surface area (Å²) in [5.74, 6) is -1.06. The standard InChI is InChI=1S/C15H14Cl2N2O2/c1-8(10-6-5-9(16)7-12(10)17)19-13-4-2-3-11(14(13)18)15(20)21/h2-8,19H,18H2,1H3,(H,20,21). The normalized spacial score (nSPS) is 12.0. The van der Waals surface area contributed by atoms with E-state index in [0.29, 0.717) is 15.7 Å². The van der Waals surface area contributed by atoms with Crippen molar-refractivity contribution in [3.8, 4) is 0 Å². The first kappa shape index (κ1) is 15.5. The number of carboxylic acids is 1. The number of nitrogens with one attached hydrogen (secondary N) is 1. The van der Waals surface area contributed by atoms with Gasteiger partial charge in [0.25, 0.3) is 0 Å². The van der Waals surface area contributed by atoms with E-state index in [1.165, 1.54) is 6.07 Å². The highest BCUT2D eigenvalue weighted by Crippen LogP contribution is 2.31. The van der Waals surface area contributed by atoms with E-state index in [-0.39, 0.29) is 17.3 Å². The maximum absolute atomic E-state index is 11.1. The molecule has 0 bridgehead atoms. The lowest BCUT2D eigenvalue weighted by atomic mass is 10.1. The van der Waals surface area contributed by atoms with Crippen LogP contribution in [0.3, 0.4) is 0 Å². The van der Waals surface area contributed by atoms with Crippen LogP contribution in [0.4, 0.5) is 11.4 Å². The van der Waals surface area contributed by atoms with Crippen LogP contribution >= 0.6 is 23.2 Å². The maximum Gasteiger partial charge on any atom is 0.337 e. The molecule has 4 nitrogen and oxygen atoms in total. The Bertz CT molecular complexity index is 689. The SMILES string of the molecule is CC(Nc1cccc(C(=O)O)c1N)c1ccc(Cl)cc1Cl. The molecular weight excluding hydrogens is 311 g/mol. The molecule has 0 aliphatic rings. The van der Waals surface area contributed by atoms with Crippen LogP contribution in [0, 0.1) is 0 Å². The lowest BCUT2D eigenvalue weighted by molar-refractivity contribution is 0.0698. The molecular formula is C15H14Cl2N2O2. The Morgan fingerprint density at radius 3 is 2.62 bits per heavy atom. The molecule has 1 atom stereocenters. The van der Waals surface area contributed by atoms with Crippen LogP contribution in [-0.2, 0) is 0 Å². The van der Waals surface area contributed by atoms with Gasteiger partial charge in [0.05, 0.1) is 23.0 Å². The molecule has 0 aromatic heterocycles. The lowest BCUT2D eigenvalue weighted by Gasteiger charge is -2.19. The van der Waals surface area contributed by atoms with Gasteiger partial charge in [0.1, 0.15) is 0 Å². The fraction of sp³-hybridized carbons (Fsp3) is 0.133. The minimum absolute atomic E-state index is 0.0643. The summed E-state index contributed by atoms with van der Waals surface area (Å²) in [4.78, 5) is 11.1. The molecule has 0 radical (unpaired) electrons. The first-order chi connectivity index (χ1) is 9.90. The number of nitrogen functional groups attached to an aromatic ring is 1. The second-order valence-electron chi connectivity index (χ2n) is 4.60. The molecule has 0 fully saturated rings. The molecule has 4 N–H and O–H groups in total. The van der Waals surface area contributed by atoms with Crippen LogP contribution in [0.1, 0.15) is 28.9 Å². The number of rotatable bonds is 4. The number of aromatic carboxylic acids is 1. The van der Waals surface area contributed by atoms with Crippen molar-refractivity contribution in [2.75, 3.05) is 11.1 Å². The minimum Gasteiger partial charge on any atom is -0.478 e. The molecule has 0 heterocycles. The zero-order valence-electron chi connectivity index (χ0n) is 11.2. The van der Waals surface area contributed by atoms with Crippen molar-refractivity contribution < 1.29 is 9.90 Å². The van der Waals surface area contributed by atoms with Gasteiger partial charge in [0.15, 0.2) is 0 Å². The molecule has 0 saturated heterocycles. The maximum atomic E-state index is 11.1. The number of hydrogen-bond donors (Lipinski definition) is 3. The molecule has 2 aromatic carbocycles. The van der Waals surface area contributed by atoms with Gasteiger partial charge < -0.3 is 16.2 Å². The van der Waals surface area contributed by atoms with E-state index in [0.717, 1.165) is 5.56 Å². The van der Waals surface area contributed by atoms with Gasteiger partial charge in [-0.2, -0.15) is 0 Å². The van der Waals surface area contributed by atoms with Crippen molar-refractivity contribution in [2.24, 2.45) is 0 Å². The summed E-state index contributed by atoms with van der Waals surface area (Å²) in [5.41, 5.74) is 7.53. The zero-order chi connectivity index (χ0) is 15.6. The summed E-state index contributed by atoms with van der Waals surface area (Å²) in [5, 5.41) is 13.3. The van der Waals surface area contributed by atoms with Crippen LogP contribution < -0.4 is 11.1 Å². The van der Waals surface area contributed by atoms with Gasteiger partial charge >= 0.3 is 5.97 Å². The highest BCUT2D eigenvalue weighted by molar-refractivity contribution is 6.35. The van der Waals surface area contributed by atoms with Crippen LogP contribution in [0.15, 0.2) is 36.4 Å². The summed E-state index contributed by atoms with van der Waals surface area (Å²) < 4.78 is 0. The summed E-state index contributed by atoms with van der Waals surface area (Å²) in [6.45, 7) is 1.90. The topological polar surface area (TPSA) is 75.3 Å². The molecule has 1 unspecified atom stereocenters. The Balaban J connectivity index is 2.29. The predicted octanol–water partition coefficient (Wildman–Crippen LogP) is 4.45. The third kappa shape index (κ3) is 3.40. The van der Waals surface area contributed by atoms with Gasteiger partial charge in [-0.15, -0.1) is 0 Å². The quantitative estimate of drug-likeness (QED) is 0.726. The highest BCUT2D eigenvalue weighted by Gasteiger charge is 2.15. The Morgan fingerprint density at radius 1 is 1.29 bits per heavy atom. The average molecular weight is 325 g/mol. The van der Waals surface area contributed by atoms with Crippen LogP contribution in [0.2, 0.25) is 10.0 Å². The number of nitrogens with two attached hydrogens (primary N) is 1. The van der Waals surface area contributed by atoms with Gasteiger partial charge in [-0.3, -0.25) is 0 Å². The molecule has 6 heteroatoms. The average Bonchev–Trinajstić information content (AvgIpc) is 2.40. The summed E-state index contributed by atoms with van der Waals surface area (Å²) in [7, 11) is 0. The Morgan fingerprint density at radius 2 is 2.00 bits per heavy atom. The molecule has 2 aromatic rings. The number of para-hydroxylation sites is 1. The molecule has 110 valence electrons. The van der Waals surface area contributed by atoms with Gasteiger partial charge in [0.2, 0.25) is 0 Å². The van der Waals surface area contributed by atoms with E-state index in [9.17, 15) is 4.79 Å². The van der Waals surface area contributed by atoms with Gasteiger partial charge in [-0.05, 0) is 36.8 Å². The van der Waals surface area contributed by atoms with E-state index >= 15 is 0 Å². The first-order valence-corrected chi connectivity index (χ1v) is 6.99. The van der Waals surface area contributed by atoms with Gasteiger partial charge in [-0.25, -0.2) is 4.79 Å². The van der Waals surface area contributed by atoms with Crippen molar-refractivity contribution >= 4 is 40.5 Å². The van der Waals surface area contributed by atoms with Crippen LogP contribution in [0.25, 0.3) is 0 Å².